The van der Waals surface area contributed by atoms with E-state index >= 15 is 0 Å². The summed E-state index contributed by atoms with van der Waals surface area (Å²) in [6.07, 6.45) is -3.08. The molecule has 8 heteroatoms. The molecule has 0 spiro atoms. The Labute approximate surface area is 148 Å². The maximum atomic E-state index is 13.1. The maximum absolute atomic E-state index is 13.1. The average molecular weight is 359 g/mol. The second-order valence-electron chi connectivity index (χ2n) is 5.78. The third-order valence-corrected chi connectivity index (χ3v) is 3.69. The highest BCUT2D eigenvalue weighted by Gasteiger charge is 2.33. The molecule has 0 saturated heterocycles. The van der Waals surface area contributed by atoms with Gasteiger partial charge < -0.3 is 10.6 Å². The largest absolute Gasteiger partial charge is 0.418 e. The first-order valence-corrected chi connectivity index (χ1v) is 7.80. The monoisotopic (exact) mass is 359 g/mol. The number of anilines is 4. The van der Waals surface area contributed by atoms with Crippen LogP contribution in [0.3, 0.4) is 0 Å². The Morgan fingerprint density at radius 2 is 1.69 bits per heavy atom. The molecule has 0 unspecified atom stereocenters. The molecule has 134 valence electrons. The Balaban J connectivity index is 1.86. The van der Waals surface area contributed by atoms with Gasteiger partial charge in [-0.1, -0.05) is 24.3 Å². The van der Waals surface area contributed by atoms with Crippen molar-refractivity contribution in [3.63, 3.8) is 0 Å². The average Bonchev–Trinajstić information content (AvgIpc) is 2.58. The van der Waals surface area contributed by atoms with Crippen LogP contribution in [-0.4, -0.2) is 15.2 Å². The Morgan fingerprint density at radius 3 is 2.46 bits per heavy atom. The van der Waals surface area contributed by atoms with Gasteiger partial charge in [0.25, 0.3) is 0 Å². The van der Waals surface area contributed by atoms with Crippen LogP contribution < -0.4 is 10.6 Å². The zero-order valence-corrected chi connectivity index (χ0v) is 14.1. The summed E-state index contributed by atoms with van der Waals surface area (Å²) >= 11 is 0. The SMILES string of the molecule is Cc1ccc(C)c(Nc2cnnc(Nc3ccccc3C(F)(F)F)n2)c1. The van der Waals surface area contributed by atoms with Crippen LogP contribution in [-0.2, 0) is 6.18 Å². The summed E-state index contributed by atoms with van der Waals surface area (Å²) in [7, 11) is 0. The maximum Gasteiger partial charge on any atom is 0.418 e. The third-order valence-electron chi connectivity index (χ3n) is 3.69. The van der Waals surface area contributed by atoms with Crippen molar-refractivity contribution in [3.05, 3.63) is 65.4 Å². The van der Waals surface area contributed by atoms with Gasteiger partial charge in [0, 0.05) is 5.69 Å². The Morgan fingerprint density at radius 1 is 0.923 bits per heavy atom. The highest BCUT2D eigenvalue weighted by atomic mass is 19.4. The molecule has 5 nitrogen and oxygen atoms in total. The number of para-hydroxylation sites is 1. The van der Waals surface area contributed by atoms with Crippen LogP contribution in [0.15, 0.2) is 48.7 Å². The number of aromatic nitrogens is 3. The summed E-state index contributed by atoms with van der Waals surface area (Å²) < 4.78 is 39.3. The fraction of sp³-hybridized carbons (Fsp3) is 0.167. The number of hydrogen-bond acceptors (Lipinski definition) is 5. The molecule has 26 heavy (non-hydrogen) atoms. The van der Waals surface area contributed by atoms with Crippen LogP contribution in [0.1, 0.15) is 16.7 Å². The fourth-order valence-corrected chi connectivity index (χ4v) is 2.38. The van der Waals surface area contributed by atoms with Crippen LogP contribution >= 0.6 is 0 Å². The van der Waals surface area contributed by atoms with E-state index in [0.717, 1.165) is 22.9 Å². The number of hydrogen-bond donors (Lipinski definition) is 2. The van der Waals surface area contributed by atoms with Gasteiger partial charge in [0.1, 0.15) is 0 Å². The molecule has 1 heterocycles. The number of nitrogens with one attached hydrogen (secondary N) is 2. The first kappa shape index (κ1) is 17.7. The lowest BCUT2D eigenvalue weighted by Gasteiger charge is -2.14. The van der Waals surface area contributed by atoms with Gasteiger partial charge in [-0.2, -0.15) is 23.3 Å². The molecule has 2 N–H and O–H groups in total. The lowest BCUT2D eigenvalue weighted by atomic mass is 10.1. The quantitative estimate of drug-likeness (QED) is 0.687. The van der Waals surface area contributed by atoms with Crippen LogP contribution in [0.5, 0.6) is 0 Å². The molecule has 0 radical (unpaired) electrons. The predicted molar refractivity (Wildman–Crippen MR) is 93.8 cm³/mol. The highest BCUT2D eigenvalue weighted by molar-refractivity contribution is 5.63. The molecule has 0 bridgehead atoms. The Kier molecular flexibility index (Phi) is 4.75. The standard InChI is InChI=1S/C18H16F3N5/c1-11-7-8-12(2)15(9-11)23-16-10-22-26-17(25-16)24-14-6-4-3-5-13(14)18(19,20)21/h3-10H,1-2H3,(H2,23,24,25,26). The minimum atomic E-state index is -4.48. The highest BCUT2D eigenvalue weighted by Crippen LogP contribution is 2.35. The Bertz CT molecular complexity index is 925. The van der Waals surface area contributed by atoms with Crippen molar-refractivity contribution in [1.29, 1.82) is 0 Å². The van der Waals surface area contributed by atoms with E-state index in [1.807, 2.05) is 32.0 Å². The van der Waals surface area contributed by atoms with Gasteiger partial charge >= 0.3 is 6.18 Å². The number of alkyl halides is 3. The van der Waals surface area contributed by atoms with E-state index in [0.29, 0.717) is 5.82 Å². The van der Waals surface area contributed by atoms with Crippen molar-refractivity contribution < 1.29 is 13.2 Å². The van der Waals surface area contributed by atoms with Crippen molar-refractivity contribution in [2.24, 2.45) is 0 Å². The van der Waals surface area contributed by atoms with Crippen molar-refractivity contribution >= 4 is 23.1 Å². The summed E-state index contributed by atoms with van der Waals surface area (Å²) in [5.41, 5.74) is 1.98. The van der Waals surface area contributed by atoms with Gasteiger partial charge in [-0.05, 0) is 43.2 Å². The minimum Gasteiger partial charge on any atom is -0.339 e. The van der Waals surface area contributed by atoms with E-state index in [-0.39, 0.29) is 11.6 Å². The smallest absolute Gasteiger partial charge is 0.339 e. The van der Waals surface area contributed by atoms with Gasteiger partial charge in [0.05, 0.1) is 17.4 Å². The number of halogens is 3. The van der Waals surface area contributed by atoms with Gasteiger partial charge in [-0.3, -0.25) is 0 Å². The summed E-state index contributed by atoms with van der Waals surface area (Å²) in [6.45, 7) is 3.90. The van der Waals surface area contributed by atoms with E-state index < -0.39 is 11.7 Å². The molecule has 0 amide bonds. The second-order valence-corrected chi connectivity index (χ2v) is 5.78. The van der Waals surface area contributed by atoms with Gasteiger partial charge in [0.15, 0.2) is 5.82 Å². The molecule has 0 fully saturated rings. The van der Waals surface area contributed by atoms with Crippen molar-refractivity contribution in [2.75, 3.05) is 10.6 Å². The van der Waals surface area contributed by atoms with E-state index in [1.165, 1.54) is 24.4 Å². The molecule has 0 atom stereocenters. The summed E-state index contributed by atoms with van der Waals surface area (Å²) in [4.78, 5) is 4.19. The van der Waals surface area contributed by atoms with Crippen LogP contribution in [0.4, 0.5) is 36.3 Å². The zero-order chi connectivity index (χ0) is 18.7. The minimum absolute atomic E-state index is 0.0305. The number of rotatable bonds is 4. The molecule has 2 aromatic carbocycles. The Hall–Kier alpha value is -3.16. The van der Waals surface area contributed by atoms with E-state index in [1.54, 1.807) is 0 Å². The number of nitrogens with zero attached hydrogens (tertiary/aromatic N) is 3. The first-order valence-electron chi connectivity index (χ1n) is 7.80. The van der Waals surface area contributed by atoms with E-state index in [2.05, 4.69) is 25.8 Å². The molecule has 1 aromatic heterocycles. The predicted octanol–water partition coefficient (Wildman–Crippen LogP) is 4.99. The molecular formula is C18H16F3N5. The number of benzene rings is 2. The van der Waals surface area contributed by atoms with Crippen LogP contribution in [0.2, 0.25) is 0 Å². The fourth-order valence-electron chi connectivity index (χ4n) is 2.38. The third kappa shape index (κ3) is 4.08. The van der Waals surface area contributed by atoms with Gasteiger partial charge in [-0.15, -0.1) is 5.10 Å². The molecule has 3 aromatic rings. The van der Waals surface area contributed by atoms with Crippen molar-refractivity contribution in [3.8, 4) is 0 Å². The molecule has 0 aliphatic rings. The van der Waals surface area contributed by atoms with Crippen LogP contribution in [0.25, 0.3) is 0 Å². The van der Waals surface area contributed by atoms with E-state index in [4.69, 9.17) is 0 Å². The van der Waals surface area contributed by atoms with Crippen molar-refractivity contribution in [2.45, 2.75) is 20.0 Å². The van der Waals surface area contributed by atoms with Crippen molar-refractivity contribution in [1.82, 2.24) is 15.2 Å². The summed E-state index contributed by atoms with van der Waals surface area (Å²) in [5.74, 6) is 0.345. The first-order chi connectivity index (χ1) is 12.3. The van der Waals surface area contributed by atoms with E-state index in [9.17, 15) is 13.2 Å². The molecular weight excluding hydrogens is 343 g/mol. The zero-order valence-electron chi connectivity index (χ0n) is 14.1. The lowest BCUT2D eigenvalue weighted by molar-refractivity contribution is -0.136. The van der Waals surface area contributed by atoms with Gasteiger partial charge in [0.2, 0.25) is 5.95 Å². The second kappa shape index (κ2) is 6.99. The topological polar surface area (TPSA) is 62.7 Å². The molecule has 3 rings (SSSR count). The summed E-state index contributed by atoms with van der Waals surface area (Å²) in [6, 6.07) is 11.0. The molecule has 0 aliphatic carbocycles. The lowest BCUT2D eigenvalue weighted by Crippen LogP contribution is -2.10. The van der Waals surface area contributed by atoms with Crippen LogP contribution in [0, 0.1) is 13.8 Å². The van der Waals surface area contributed by atoms with Gasteiger partial charge in [-0.25, -0.2) is 0 Å². The molecule has 0 saturated carbocycles. The number of aryl methyl sites for hydroxylation is 2. The normalized spacial score (nSPS) is 11.3. The molecule has 0 aliphatic heterocycles. The summed E-state index contributed by atoms with van der Waals surface area (Å²) in [5, 5.41) is 13.3.